The molecule has 0 bridgehead atoms. The molecule has 0 aliphatic rings. The summed E-state index contributed by atoms with van der Waals surface area (Å²) in [5.41, 5.74) is 1.31. The lowest BCUT2D eigenvalue weighted by Gasteiger charge is -2.07. The van der Waals surface area contributed by atoms with Crippen LogP contribution in [0.2, 0.25) is 5.02 Å². The Bertz CT molecular complexity index is 747. The first-order chi connectivity index (χ1) is 9.98. The van der Waals surface area contributed by atoms with E-state index in [0.29, 0.717) is 17.0 Å². The lowest BCUT2D eigenvalue weighted by Crippen LogP contribution is -2.15. The Balaban J connectivity index is 1.98. The van der Waals surface area contributed by atoms with E-state index >= 15 is 0 Å². The highest BCUT2D eigenvalue weighted by atomic mass is 35.5. The lowest BCUT2D eigenvalue weighted by atomic mass is 10.2. The van der Waals surface area contributed by atoms with Crippen LogP contribution in [0.4, 0.5) is 0 Å². The molecule has 2 aromatic carbocycles. The number of nitrogens with zero attached hydrogens (tertiary/aromatic N) is 1. The van der Waals surface area contributed by atoms with Crippen LogP contribution in [-0.4, -0.2) is 14.2 Å². The Morgan fingerprint density at radius 1 is 1.05 bits per heavy atom. The van der Waals surface area contributed by atoms with Crippen LogP contribution in [0.3, 0.4) is 0 Å². The average molecular weight is 322 g/mol. The topological polar surface area (TPSA) is 67.2 Å². The fourth-order valence-electron chi connectivity index (χ4n) is 1.67. The maximum atomic E-state index is 11.9. The molecule has 6 heteroatoms. The number of hydrogen-bond acceptors (Lipinski definition) is 4. The van der Waals surface area contributed by atoms with E-state index in [2.05, 4.69) is 0 Å². The van der Waals surface area contributed by atoms with E-state index in [1.807, 2.05) is 6.07 Å². The molecular weight excluding hydrogens is 310 g/mol. The second-order valence-corrected chi connectivity index (χ2v) is 6.48. The van der Waals surface area contributed by atoms with E-state index in [9.17, 15) is 8.42 Å². The largest absolute Gasteiger partial charge is 0.382 e. The molecule has 4 nitrogen and oxygen atoms in total. The van der Waals surface area contributed by atoms with Crippen molar-refractivity contribution in [1.29, 1.82) is 5.26 Å². The molecule has 0 aliphatic carbocycles. The first-order valence-corrected chi connectivity index (χ1v) is 8.11. The van der Waals surface area contributed by atoms with Crippen LogP contribution in [0, 0.1) is 11.3 Å². The van der Waals surface area contributed by atoms with Gasteiger partial charge < -0.3 is 4.18 Å². The molecule has 0 spiro atoms. The summed E-state index contributed by atoms with van der Waals surface area (Å²) < 4.78 is 28.7. The number of hydrogen-bond donors (Lipinski definition) is 0. The van der Waals surface area contributed by atoms with Crippen molar-refractivity contribution < 1.29 is 12.6 Å². The van der Waals surface area contributed by atoms with Crippen LogP contribution in [-0.2, 0) is 16.5 Å². The number of aryl methyl sites for hydroxylation is 1. The van der Waals surface area contributed by atoms with Gasteiger partial charge in [0.25, 0.3) is 0 Å². The van der Waals surface area contributed by atoms with Crippen molar-refractivity contribution >= 4 is 21.7 Å². The van der Waals surface area contributed by atoms with Gasteiger partial charge in [-0.2, -0.15) is 13.7 Å². The summed E-state index contributed by atoms with van der Waals surface area (Å²) in [4.78, 5) is 0. The van der Waals surface area contributed by atoms with Crippen LogP contribution in [0.25, 0.3) is 0 Å². The number of halogens is 1. The lowest BCUT2D eigenvalue weighted by molar-refractivity contribution is 0.485. The summed E-state index contributed by atoms with van der Waals surface area (Å²) in [6.07, 6.45) is 0.343. The highest BCUT2D eigenvalue weighted by Gasteiger charge is 2.13. The van der Waals surface area contributed by atoms with Crippen LogP contribution < -0.4 is 4.18 Å². The summed E-state index contributed by atoms with van der Waals surface area (Å²) in [6, 6.07) is 14.9. The molecule has 0 fully saturated rings. The third-order valence-corrected chi connectivity index (χ3v) is 4.16. The quantitative estimate of drug-likeness (QED) is 0.793. The zero-order chi connectivity index (χ0) is 15.3. The molecule has 0 aromatic heterocycles. The Labute approximate surface area is 128 Å². The zero-order valence-electron chi connectivity index (χ0n) is 11.0. The minimum atomic E-state index is -3.68. The van der Waals surface area contributed by atoms with Gasteiger partial charge in [-0.3, -0.25) is 0 Å². The van der Waals surface area contributed by atoms with Gasteiger partial charge in [0, 0.05) is 5.02 Å². The fourth-order valence-corrected chi connectivity index (χ4v) is 2.77. The van der Waals surface area contributed by atoms with Crippen molar-refractivity contribution in [1.82, 2.24) is 0 Å². The Hall–Kier alpha value is -2.03. The maximum absolute atomic E-state index is 11.9. The van der Waals surface area contributed by atoms with Crippen LogP contribution in [0.1, 0.15) is 11.1 Å². The first kappa shape index (κ1) is 15.4. The van der Waals surface area contributed by atoms with Gasteiger partial charge in [-0.25, -0.2) is 0 Å². The van der Waals surface area contributed by atoms with Gasteiger partial charge in [-0.1, -0.05) is 23.7 Å². The molecule has 0 N–H and O–H groups in total. The number of rotatable bonds is 5. The second-order valence-electron chi connectivity index (χ2n) is 4.36. The Morgan fingerprint density at radius 3 is 2.24 bits per heavy atom. The van der Waals surface area contributed by atoms with Gasteiger partial charge in [0.1, 0.15) is 5.75 Å². The third-order valence-electron chi connectivity index (χ3n) is 2.76. The molecule has 2 aromatic rings. The predicted molar refractivity (Wildman–Crippen MR) is 80.7 cm³/mol. The van der Waals surface area contributed by atoms with Crippen LogP contribution in [0.5, 0.6) is 5.75 Å². The molecule has 2 rings (SSSR count). The van der Waals surface area contributed by atoms with E-state index in [4.69, 9.17) is 21.0 Å². The Kier molecular flexibility index (Phi) is 4.84. The third kappa shape index (κ3) is 4.78. The summed E-state index contributed by atoms with van der Waals surface area (Å²) in [5, 5.41) is 9.28. The molecule has 0 radical (unpaired) electrons. The second kappa shape index (κ2) is 6.61. The number of nitriles is 1. The molecule has 0 unspecified atom stereocenters. The maximum Gasteiger partial charge on any atom is 0.309 e. The molecule has 0 saturated heterocycles. The normalized spacial score (nSPS) is 10.9. The summed E-state index contributed by atoms with van der Waals surface area (Å²) in [5.74, 6) is 0.0688. The van der Waals surface area contributed by atoms with Gasteiger partial charge in [0.15, 0.2) is 0 Å². The summed E-state index contributed by atoms with van der Waals surface area (Å²) in [6.45, 7) is 0. The van der Waals surface area contributed by atoms with Crippen molar-refractivity contribution in [2.45, 2.75) is 6.42 Å². The zero-order valence-corrected chi connectivity index (χ0v) is 12.6. The van der Waals surface area contributed by atoms with Crippen molar-refractivity contribution in [2.75, 3.05) is 5.75 Å². The molecule has 0 saturated carbocycles. The van der Waals surface area contributed by atoms with E-state index in [1.165, 1.54) is 24.3 Å². The first-order valence-electron chi connectivity index (χ1n) is 6.15. The van der Waals surface area contributed by atoms with E-state index in [1.54, 1.807) is 24.3 Å². The van der Waals surface area contributed by atoms with E-state index in [-0.39, 0.29) is 11.5 Å². The van der Waals surface area contributed by atoms with E-state index in [0.717, 1.165) is 5.56 Å². The molecule has 0 aliphatic heterocycles. The molecule has 0 amide bonds. The number of benzene rings is 2. The fraction of sp³-hybridized carbons (Fsp3) is 0.133. The highest BCUT2D eigenvalue weighted by molar-refractivity contribution is 7.87. The van der Waals surface area contributed by atoms with Crippen molar-refractivity contribution in [2.24, 2.45) is 0 Å². The molecule has 21 heavy (non-hydrogen) atoms. The van der Waals surface area contributed by atoms with Gasteiger partial charge in [0.05, 0.1) is 17.4 Å². The minimum Gasteiger partial charge on any atom is -0.382 e. The molecule has 108 valence electrons. The highest BCUT2D eigenvalue weighted by Crippen LogP contribution is 2.15. The van der Waals surface area contributed by atoms with Gasteiger partial charge in [-0.15, -0.1) is 0 Å². The molecule has 0 atom stereocenters. The van der Waals surface area contributed by atoms with E-state index < -0.39 is 10.1 Å². The predicted octanol–water partition coefficient (Wildman–Crippen LogP) is 3.16. The SMILES string of the molecule is N#Cc1ccc(OS(=O)(=O)CCc2ccc(Cl)cc2)cc1. The average Bonchev–Trinajstić information content (AvgIpc) is 2.47. The summed E-state index contributed by atoms with van der Waals surface area (Å²) in [7, 11) is -3.68. The summed E-state index contributed by atoms with van der Waals surface area (Å²) >= 11 is 5.77. The van der Waals surface area contributed by atoms with Crippen molar-refractivity contribution in [3.05, 3.63) is 64.7 Å². The van der Waals surface area contributed by atoms with Gasteiger partial charge in [-0.05, 0) is 48.4 Å². The van der Waals surface area contributed by atoms with Crippen LogP contribution in [0.15, 0.2) is 48.5 Å². The molecule has 0 heterocycles. The van der Waals surface area contributed by atoms with Crippen molar-refractivity contribution in [3.8, 4) is 11.8 Å². The minimum absolute atomic E-state index is 0.130. The van der Waals surface area contributed by atoms with Crippen LogP contribution >= 0.6 is 11.6 Å². The monoisotopic (exact) mass is 321 g/mol. The van der Waals surface area contributed by atoms with Gasteiger partial charge >= 0.3 is 10.1 Å². The smallest absolute Gasteiger partial charge is 0.309 e. The molecular formula is C15H12ClNO3S. The van der Waals surface area contributed by atoms with Crippen molar-refractivity contribution in [3.63, 3.8) is 0 Å². The Morgan fingerprint density at radius 2 is 1.67 bits per heavy atom. The standard InChI is InChI=1S/C15H12ClNO3S/c16-14-5-1-12(2-6-14)9-10-21(18,19)20-15-7-3-13(11-17)4-8-15/h1-8H,9-10H2. The van der Waals surface area contributed by atoms with Gasteiger partial charge in [0.2, 0.25) is 0 Å².